The van der Waals surface area contributed by atoms with Crippen LogP contribution >= 0.6 is 31.9 Å². The molecule has 0 saturated heterocycles. The zero-order valence-corrected chi connectivity index (χ0v) is 13.3. The van der Waals surface area contributed by atoms with E-state index in [-0.39, 0.29) is 11.7 Å². The van der Waals surface area contributed by atoms with Crippen molar-refractivity contribution < 1.29 is 9.90 Å². The lowest BCUT2D eigenvalue weighted by atomic mass is 10.2. The highest BCUT2D eigenvalue weighted by atomic mass is 79.9. The molecule has 1 amide bonds. The van der Waals surface area contributed by atoms with Crippen LogP contribution in [-0.2, 0) is 0 Å². The van der Waals surface area contributed by atoms with Gasteiger partial charge in [0.2, 0.25) is 0 Å². The van der Waals surface area contributed by atoms with E-state index in [2.05, 4.69) is 31.9 Å². The molecule has 0 atom stereocenters. The number of carbonyl (C=O) groups excluding carboxylic acids is 1. The summed E-state index contributed by atoms with van der Waals surface area (Å²) < 4.78 is 1.59. The summed E-state index contributed by atoms with van der Waals surface area (Å²) in [5, 5.41) is 9.26. The molecule has 0 radical (unpaired) electrons. The lowest BCUT2D eigenvalue weighted by Gasteiger charge is -2.18. The molecular weight excluding hydrogens is 374 g/mol. The number of phenolic OH excluding ortho intramolecular Hbond substituents is 1. The molecule has 0 bridgehead atoms. The van der Waals surface area contributed by atoms with Gasteiger partial charge in [0, 0.05) is 21.7 Å². The Kier molecular flexibility index (Phi) is 4.27. The highest BCUT2D eigenvalue weighted by molar-refractivity contribution is 9.11. The Hall–Kier alpha value is -1.33. The molecule has 2 aromatic carbocycles. The molecule has 2 rings (SSSR count). The van der Waals surface area contributed by atoms with Crippen LogP contribution in [0.2, 0.25) is 0 Å². The van der Waals surface area contributed by atoms with E-state index in [1.165, 1.54) is 4.90 Å². The summed E-state index contributed by atoms with van der Waals surface area (Å²) in [6.45, 7) is 0. The first-order valence-corrected chi connectivity index (χ1v) is 7.10. The maximum atomic E-state index is 12.4. The number of halogens is 2. The second kappa shape index (κ2) is 5.75. The smallest absolute Gasteiger partial charge is 0.259 e. The van der Waals surface area contributed by atoms with Crippen LogP contribution in [0.3, 0.4) is 0 Å². The fourth-order valence-corrected chi connectivity index (χ4v) is 2.41. The van der Waals surface area contributed by atoms with Crippen molar-refractivity contribution in [3.63, 3.8) is 0 Å². The first-order chi connectivity index (χ1) is 8.99. The Morgan fingerprint density at radius 3 is 2.37 bits per heavy atom. The van der Waals surface area contributed by atoms with Crippen LogP contribution in [0.1, 0.15) is 10.4 Å². The Morgan fingerprint density at radius 1 is 1.11 bits per heavy atom. The zero-order chi connectivity index (χ0) is 14.0. The molecule has 5 heteroatoms. The molecule has 0 aliphatic rings. The van der Waals surface area contributed by atoms with Gasteiger partial charge in [0.15, 0.2) is 0 Å². The molecular formula is C14H11Br2NO2. The summed E-state index contributed by atoms with van der Waals surface area (Å²) in [6.07, 6.45) is 0. The van der Waals surface area contributed by atoms with Gasteiger partial charge in [-0.25, -0.2) is 0 Å². The molecule has 2 aromatic rings. The van der Waals surface area contributed by atoms with Crippen molar-refractivity contribution in [3.05, 3.63) is 57.0 Å². The molecule has 3 nitrogen and oxygen atoms in total. The van der Waals surface area contributed by atoms with Gasteiger partial charge in [-0.15, -0.1) is 0 Å². The number of aromatic hydroxyl groups is 1. The molecule has 1 N–H and O–H groups in total. The summed E-state index contributed by atoms with van der Waals surface area (Å²) in [5.74, 6) is 0.0482. The maximum Gasteiger partial charge on any atom is 0.259 e. The van der Waals surface area contributed by atoms with Gasteiger partial charge in [0.05, 0.1) is 5.56 Å². The standard InChI is InChI=1S/C14H11Br2NO2/c1-17(10-3-5-11(18)6-4-10)14(19)12-8-9(15)2-7-13(12)16/h2-8,18H,1H3. The van der Waals surface area contributed by atoms with Gasteiger partial charge in [-0.3, -0.25) is 4.79 Å². The van der Waals surface area contributed by atoms with Gasteiger partial charge in [-0.05, 0) is 58.4 Å². The van der Waals surface area contributed by atoms with E-state index in [4.69, 9.17) is 0 Å². The van der Waals surface area contributed by atoms with Gasteiger partial charge in [0.1, 0.15) is 5.75 Å². The highest BCUT2D eigenvalue weighted by Crippen LogP contribution is 2.25. The number of benzene rings is 2. The third-order valence-corrected chi connectivity index (χ3v) is 3.89. The Balaban J connectivity index is 2.33. The first kappa shape index (κ1) is 14.1. The van der Waals surface area contributed by atoms with Crippen LogP contribution in [0.25, 0.3) is 0 Å². The molecule has 0 heterocycles. The van der Waals surface area contributed by atoms with Gasteiger partial charge in [0.25, 0.3) is 5.91 Å². The molecule has 98 valence electrons. The average Bonchev–Trinajstić information content (AvgIpc) is 2.41. The summed E-state index contributed by atoms with van der Waals surface area (Å²) in [5.41, 5.74) is 1.29. The monoisotopic (exact) mass is 383 g/mol. The molecule has 0 aliphatic heterocycles. The maximum absolute atomic E-state index is 12.4. The van der Waals surface area contributed by atoms with Crippen LogP contribution in [0.4, 0.5) is 5.69 Å². The minimum absolute atomic E-state index is 0.126. The molecule has 0 spiro atoms. The minimum atomic E-state index is -0.126. The van der Waals surface area contributed by atoms with Gasteiger partial charge in [-0.1, -0.05) is 15.9 Å². The first-order valence-electron chi connectivity index (χ1n) is 5.51. The molecule has 19 heavy (non-hydrogen) atoms. The van der Waals surface area contributed by atoms with Crippen molar-refractivity contribution in [1.82, 2.24) is 0 Å². The predicted octanol–water partition coefficient (Wildman–Crippen LogP) is 4.19. The number of phenols is 1. The molecule has 0 fully saturated rings. The van der Waals surface area contributed by atoms with E-state index in [1.54, 1.807) is 37.4 Å². The second-order valence-corrected chi connectivity index (χ2v) is 5.77. The number of anilines is 1. The van der Waals surface area contributed by atoms with Crippen molar-refractivity contribution >= 4 is 43.5 Å². The SMILES string of the molecule is CN(C(=O)c1cc(Br)ccc1Br)c1ccc(O)cc1. The van der Waals surface area contributed by atoms with Crippen molar-refractivity contribution in [2.24, 2.45) is 0 Å². The van der Waals surface area contributed by atoms with E-state index >= 15 is 0 Å². The molecule has 0 aliphatic carbocycles. The van der Waals surface area contributed by atoms with E-state index in [0.29, 0.717) is 5.56 Å². The van der Waals surface area contributed by atoms with E-state index < -0.39 is 0 Å². The molecule has 0 aromatic heterocycles. The Bertz CT molecular complexity index is 611. The van der Waals surface area contributed by atoms with Gasteiger partial charge < -0.3 is 10.0 Å². The van der Waals surface area contributed by atoms with Crippen molar-refractivity contribution in [1.29, 1.82) is 0 Å². The van der Waals surface area contributed by atoms with Crippen LogP contribution in [0.5, 0.6) is 5.75 Å². The highest BCUT2D eigenvalue weighted by Gasteiger charge is 2.16. The summed E-state index contributed by atoms with van der Waals surface area (Å²) in [6, 6.07) is 11.9. The van der Waals surface area contributed by atoms with Crippen molar-refractivity contribution in [2.45, 2.75) is 0 Å². The van der Waals surface area contributed by atoms with Crippen LogP contribution in [-0.4, -0.2) is 18.1 Å². The average molecular weight is 385 g/mol. The van der Waals surface area contributed by atoms with Crippen LogP contribution in [0.15, 0.2) is 51.4 Å². The fourth-order valence-electron chi connectivity index (χ4n) is 1.64. The third kappa shape index (κ3) is 3.16. The third-order valence-electron chi connectivity index (χ3n) is 2.70. The number of rotatable bonds is 2. The summed E-state index contributed by atoms with van der Waals surface area (Å²) in [7, 11) is 1.70. The molecule has 0 saturated carbocycles. The summed E-state index contributed by atoms with van der Waals surface area (Å²) in [4.78, 5) is 13.9. The zero-order valence-electron chi connectivity index (χ0n) is 10.1. The van der Waals surface area contributed by atoms with Crippen LogP contribution < -0.4 is 4.90 Å². The van der Waals surface area contributed by atoms with Crippen molar-refractivity contribution in [2.75, 3.05) is 11.9 Å². The fraction of sp³-hybridized carbons (Fsp3) is 0.0714. The lowest BCUT2D eigenvalue weighted by Crippen LogP contribution is -2.26. The number of nitrogens with zero attached hydrogens (tertiary/aromatic N) is 1. The van der Waals surface area contributed by atoms with E-state index in [9.17, 15) is 9.90 Å². The topological polar surface area (TPSA) is 40.5 Å². The predicted molar refractivity (Wildman–Crippen MR) is 82.7 cm³/mol. The van der Waals surface area contributed by atoms with Gasteiger partial charge >= 0.3 is 0 Å². The number of amides is 1. The number of hydrogen-bond acceptors (Lipinski definition) is 2. The van der Waals surface area contributed by atoms with E-state index in [0.717, 1.165) is 14.6 Å². The second-order valence-electron chi connectivity index (χ2n) is 4.00. The van der Waals surface area contributed by atoms with Gasteiger partial charge in [-0.2, -0.15) is 0 Å². The Labute approximate surface area is 128 Å². The van der Waals surface area contributed by atoms with E-state index in [1.807, 2.05) is 12.1 Å². The lowest BCUT2D eigenvalue weighted by molar-refractivity contribution is 0.0992. The normalized spacial score (nSPS) is 10.3. The Morgan fingerprint density at radius 2 is 1.74 bits per heavy atom. The quantitative estimate of drug-likeness (QED) is 0.843. The minimum Gasteiger partial charge on any atom is -0.508 e. The number of hydrogen-bond donors (Lipinski definition) is 1. The summed E-state index contributed by atoms with van der Waals surface area (Å²) >= 11 is 6.73. The van der Waals surface area contributed by atoms with Crippen LogP contribution in [0, 0.1) is 0 Å². The largest absolute Gasteiger partial charge is 0.508 e. The van der Waals surface area contributed by atoms with Crippen molar-refractivity contribution in [3.8, 4) is 5.75 Å². The number of carbonyl (C=O) groups is 1. The molecule has 0 unspecified atom stereocenters.